The Bertz CT molecular complexity index is 770. The Morgan fingerprint density at radius 3 is 2.36 bits per heavy atom. The van der Waals surface area contributed by atoms with Crippen LogP contribution < -0.4 is 4.90 Å². The molecule has 1 saturated heterocycles. The van der Waals surface area contributed by atoms with Crippen molar-refractivity contribution in [2.45, 2.75) is 0 Å². The lowest BCUT2D eigenvalue weighted by Gasteiger charge is -2.29. The summed E-state index contributed by atoms with van der Waals surface area (Å²) in [7, 11) is 1.61. The lowest BCUT2D eigenvalue weighted by molar-refractivity contribution is 0.0303. The highest BCUT2D eigenvalue weighted by atomic mass is 19.1. The van der Waals surface area contributed by atoms with E-state index in [0.29, 0.717) is 43.1 Å². The minimum absolute atomic E-state index is 0.127. The second-order valence-electron chi connectivity index (χ2n) is 5.79. The highest BCUT2D eigenvalue weighted by Crippen LogP contribution is 2.23. The summed E-state index contributed by atoms with van der Waals surface area (Å²) in [6, 6.07) is 12.3. The number of hydrogen-bond donors (Lipinski definition) is 0. The number of morpholine rings is 1. The summed E-state index contributed by atoms with van der Waals surface area (Å²) in [5.41, 5.74) is 1.34. The van der Waals surface area contributed by atoms with Gasteiger partial charge in [-0.1, -0.05) is 12.1 Å². The molecule has 25 heavy (non-hydrogen) atoms. The fraction of sp³-hybridized carbons (Fsp3) is 0.263. The number of ether oxygens (including phenoxy) is 1. The first-order valence-electron chi connectivity index (χ1n) is 8.07. The number of carbonyl (C=O) groups is 2. The first-order chi connectivity index (χ1) is 12.1. The van der Waals surface area contributed by atoms with Gasteiger partial charge in [-0.2, -0.15) is 0 Å². The van der Waals surface area contributed by atoms with Crippen molar-refractivity contribution >= 4 is 17.5 Å². The Morgan fingerprint density at radius 2 is 1.68 bits per heavy atom. The van der Waals surface area contributed by atoms with Crippen molar-refractivity contribution in [1.29, 1.82) is 0 Å². The van der Waals surface area contributed by atoms with Gasteiger partial charge in [-0.05, 0) is 36.4 Å². The number of para-hydroxylation sites is 1. The van der Waals surface area contributed by atoms with Gasteiger partial charge in [0, 0.05) is 25.7 Å². The van der Waals surface area contributed by atoms with Crippen LogP contribution in [-0.2, 0) is 4.74 Å². The molecule has 6 heteroatoms. The Hall–Kier alpha value is -2.73. The highest BCUT2D eigenvalue weighted by molar-refractivity contribution is 6.10. The maximum Gasteiger partial charge on any atom is 0.258 e. The first kappa shape index (κ1) is 17.1. The average Bonchev–Trinajstić information content (AvgIpc) is 2.67. The van der Waals surface area contributed by atoms with Gasteiger partial charge in [-0.15, -0.1) is 0 Å². The maximum absolute atomic E-state index is 13.1. The van der Waals surface area contributed by atoms with Crippen LogP contribution in [0.25, 0.3) is 0 Å². The predicted molar refractivity (Wildman–Crippen MR) is 92.3 cm³/mol. The second kappa shape index (κ2) is 7.44. The van der Waals surface area contributed by atoms with Gasteiger partial charge >= 0.3 is 0 Å². The molecule has 130 valence electrons. The molecule has 0 atom stereocenters. The summed E-state index contributed by atoms with van der Waals surface area (Å²) in [6.45, 7) is 2.09. The van der Waals surface area contributed by atoms with Crippen LogP contribution >= 0.6 is 0 Å². The minimum atomic E-state index is -0.401. The number of benzene rings is 2. The molecule has 0 bridgehead atoms. The van der Waals surface area contributed by atoms with Gasteiger partial charge in [0.15, 0.2) is 0 Å². The Kier molecular flexibility index (Phi) is 5.09. The normalized spacial score (nSPS) is 14.2. The van der Waals surface area contributed by atoms with E-state index in [1.807, 2.05) is 0 Å². The molecule has 0 saturated carbocycles. The molecule has 2 aromatic rings. The van der Waals surface area contributed by atoms with E-state index in [-0.39, 0.29) is 11.8 Å². The zero-order valence-corrected chi connectivity index (χ0v) is 13.9. The SMILES string of the molecule is CN(C(=O)c1ccc(F)cc1)c1ccccc1C(=O)N1CCOCC1. The van der Waals surface area contributed by atoms with E-state index >= 15 is 0 Å². The summed E-state index contributed by atoms with van der Waals surface area (Å²) < 4.78 is 18.3. The van der Waals surface area contributed by atoms with Gasteiger partial charge in [0.25, 0.3) is 11.8 Å². The molecule has 1 heterocycles. The Morgan fingerprint density at radius 1 is 1.04 bits per heavy atom. The van der Waals surface area contributed by atoms with Crippen molar-refractivity contribution in [3.05, 3.63) is 65.5 Å². The maximum atomic E-state index is 13.1. The summed E-state index contributed by atoms with van der Waals surface area (Å²) in [6.07, 6.45) is 0. The molecule has 2 aromatic carbocycles. The number of rotatable bonds is 3. The zero-order valence-electron chi connectivity index (χ0n) is 13.9. The van der Waals surface area contributed by atoms with Gasteiger partial charge in [0.1, 0.15) is 5.82 Å². The fourth-order valence-corrected chi connectivity index (χ4v) is 2.78. The largest absolute Gasteiger partial charge is 0.378 e. The monoisotopic (exact) mass is 342 g/mol. The van der Waals surface area contributed by atoms with Crippen molar-refractivity contribution in [3.63, 3.8) is 0 Å². The van der Waals surface area contributed by atoms with E-state index in [1.54, 1.807) is 36.2 Å². The third-order valence-electron chi connectivity index (χ3n) is 4.19. The third-order valence-corrected chi connectivity index (χ3v) is 4.19. The van der Waals surface area contributed by atoms with Gasteiger partial charge in [-0.25, -0.2) is 4.39 Å². The highest BCUT2D eigenvalue weighted by Gasteiger charge is 2.24. The molecule has 0 unspecified atom stereocenters. The lowest BCUT2D eigenvalue weighted by Crippen LogP contribution is -2.41. The Balaban J connectivity index is 1.87. The van der Waals surface area contributed by atoms with Crippen LogP contribution in [-0.4, -0.2) is 50.1 Å². The third kappa shape index (κ3) is 3.69. The van der Waals surface area contributed by atoms with E-state index in [0.717, 1.165) is 0 Å². The molecule has 2 amide bonds. The number of amides is 2. The summed E-state index contributed by atoms with van der Waals surface area (Å²) in [4.78, 5) is 28.6. The van der Waals surface area contributed by atoms with Crippen LogP contribution in [0, 0.1) is 5.82 Å². The van der Waals surface area contributed by atoms with Crippen LogP contribution in [0.1, 0.15) is 20.7 Å². The topological polar surface area (TPSA) is 49.9 Å². The average molecular weight is 342 g/mol. The van der Waals surface area contributed by atoms with Gasteiger partial charge in [0.05, 0.1) is 24.5 Å². The van der Waals surface area contributed by atoms with Crippen molar-refractivity contribution in [1.82, 2.24) is 4.90 Å². The van der Waals surface area contributed by atoms with E-state index in [9.17, 15) is 14.0 Å². The quantitative estimate of drug-likeness (QED) is 0.861. The smallest absolute Gasteiger partial charge is 0.258 e. The Labute approximate surface area is 145 Å². The zero-order chi connectivity index (χ0) is 17.8. The van der Waals surface area contributed by atoms with Gasteiger partial charge < -0.3 is 14.5 Å². The molecule has 1 fully saturated rings. The van der Waals surface area contributed by atoms with Crippen LogP contribution in [0.2, 0.25) is 0 Å². The van der Waals surface area contributed by atoms with Gasteiger partial charge in [0.2, 0.25) is 0 Å². The first-order valence-corrected chi connectivity index (χ1v) is 8.07. The molecule has 0 radical (unpaired) electrons. The number of nitrogens with zero attached hydrogens (tertiary/aromatic N) is 2. The molecule has 1 aliphatic rings. The van der Waals surface area contributed by atoms with Crippen molar-refractivity contribution in [2.24, 2.45) is 0 Å². The molecular formula is C19H19FN2O3. The summed E-state index contributed by atoms with van der Waals surface area (Å²) in [5, 5.41) is 0. The summed E-state index contributed by atoms with van der Waals surface area (Å²) in [5.74, 6) is -0.831. The van der Waals surface area contributed by atoms with E-state index in [2.05, 4.69) is 0 Å². The fourth-order valence-electron chi connectivity index (χ4n) is 2.78. The molecule has 0 spiro atoms. The van der Waals surface area contributed by atoms with Crippen molar-refractivity contribution < 1.29 is 18.7 Å². The standard InChI is InChI=1S/C19H19FN2O3/c1-21(18(23)14-6-8-15(20)9-7-14)17-5-3-2-4-16(17)19(24)22-10-12-25-13-11-22/h2-9H,10-13H2,1H3. The van der Waals surface area contributed by atoms with Crippen molar-refractivity contribution in [3.8, 4) is 0 Å². The molecular weight excluding hydrogens is 323 g/mol. The van der Waals surface area contributed by atoms with E-state index in [1.165, 1.54) is 29.2 Å². The van der Waals surface area contributed by atoms with Gasteiger partial charge in [-0.3, -0.25) is 9.59 Å². The minimum Gasteiger partial charge on any atom is -0.378 e. The lowest BCUT2D eigenvalue weighted by atomic mass is 10.1. The molecule has 3 rings (SSSR count). The number of halogens is 1. The molecule has 0 N–H and O–H groups in total. The van der Waals surface area contributed by atoms with Crippen LogP contribution in [0.4, 0.5) is 10.1 Å². The predicted octanol–water partition coefficient (Wildman–Crippen LogP) is 2.57. The van der Waals surface area contributed by atoms with Crippen molar-refractivity contribution in [2.75, 3.05) is 38.3 Å². The molecule has 0 aromatic heterocycles. The van der Waals surface area contributed by atoms with E-state index in [4.69, 9.17) is 4.74 Å². The van der Waals surface area contributed by atoms with Crippen LogP contribution in [0.3, 0.4) is 0 Å². The van der Waals surface area contributed by atoms with Crippen LogP contribution in [0.5, 0.6) is 0 Å². The number of hydrogen-bond acceptors (Lipinski definition) is 3. The number of carbonyl (C=O) groups excluding carboxylic acids is 2. The summed E-state index contributed by atoms with van der Waals surface area (Å²) >= 11 is 0. The molecule has 1 aliphatic heterocycles. The molecule has 0 aliphatic carbocycles. The number of anilines is 1. The van der Waals surface area contributed by atoms with E-state index < -0.39 is 5.82 Å². The molecule has 5 nitrogen and oxygen atoms in total. The van der Waals surface area contributed by atoms with Crippen LogP contribution in [0.15, 0.2) is 48.5 Å². The second-order valence-corrected chi connectivity index (χ2v) is 5.79.